The predicted octanol–water partition coefficient (Wildman–Crippen LogP) is 2.90. The number of para-hydroxylation sites is 2. The Kier molecular flexibility index (Phi) is 4.77. The van der Waals surface area contributed by atoms with E-state index in [9.17, 15) is 0 Å². The van der Waals surface area contributed by atoms with Gasteiger partial charge in [-0.1, -0.05) is 19.1 Å². The van der Waals surface area contributed by atoms with Gasteiger partial charge in [0, 0.05) is 37.7 Å². The Bertz CT molecular complexity index is 735. The van der Waals surface area contributed by atoms with Crippen molar-refractivity contribution >= 4 is 0 Å². The summed E-state index contributed by atoms with van der Waals surface area (Å²) in [5.41, 5.74) is 5.01. The van der Waals surface area contributed by atoms with Gasteiger partial charge in [-0.05, 0) is 37.9 Å². The van der Waals surface area contributed by atoms with Crippen LogP contribution in [0.1, 0.15) is 43.1 Å². The van der Waals surface area contributed by atoms with Gasteiger partial charge in [-0.3, -0.25) is 4.90 Å². The van der Waals surface area contributed by atoms with Crippen LogP contribution in [0.3, 0.4) is 0 Å². The molecular formula is C20H28N4O. The highest BCUT2D eigenvalue weighted by molar-refractivity contribution is 5.49. The summed E-state index contributed by atoms with van der Waals surface area (Å²) in [4.78, 5) is 2.55. The van der Waals surface area contributed by atoms with Gasteiger partial charge in [0.25, 0.3) is 0 Å². The minimum Gasteiger partial charge on any atom is -0.494 e. The quantitative estimate of drug-likeness (QED) is 0.842. The standard InChI is InChI=1S/C20H28N4O/c1-3-11-23-12-10-18-16(14-23)17(13-21-15-8-9-15)22-24(18)19-6-4-5-7-20(19)25-2/h4-7,15,21H,3,8-14H2,1-2H3. The number of rotatable bonds is 7. The number of nitrogens with one attached hydrogen (secondary N) is 1. The number of methoxy groups -OCH3 is 1. The highest BCUT2D eigenvalue weighted by Crippen LogP contribution is 2.30. The normalized spacial score (nSPS) is 17.5. The maximum absolute atomic E-state index is 5.58. The van der Waals surface area contributed by atoms with Crippen LogP contribution in [0, 0.1) is 0 Å². The van der Waals surface area contributed by atoms with Crippen molar-refractivity contribution in [1.82, 2.24) is 20.0 Å². The van der Waals surface area contributed by atoms with Gasteiger partial charge in [0.2, 0.25) is 0 Å². The first-order valence-electron chi connectivity index (χ1n) is 9.49. The molecule has 134 valence electrons. The average molecular weight is 340 g/mol. The summed E-state index contributed by atoms with van der Waals surface area (Å²) < 4.78 is 7.71. The molecule has 2 aromatic rings. The number of hydrogen-bond donors (Lipinski definition) is 1. The van der Waals surface area contributed by atoms with Crippen LogP contribution in [-0.2, 0) is 19.5 Å². The third-order valence-electron chi connectivity index (χ3n) is 5.21. The van der Waals surface area contributed by atoms with Gasteiger partial charge in [0.05, 0.1) is 18.5 Å². The monoisotopic (exact) mass is 340 g/mol. The molecule has 1 N–H and O–H groups in total. The second kappa shape index (κ2) is 7.18. The number of benzene rings is 1. The molecule has 0 spiro atoms. The van der Waals surface area contributed by atoms with E-state index in [1.807, 2.05) is 12.1 Å². The minimum atomic E-state index is 0.697. The summed E-state index contributed by atoms with van der Waals surface area (Å²) in [7, 11) is 1.73. The molecule has 1 aliphatic carbocycles. The molecule has 0 bridgehead atoms. The second-order valence-electron chi connectivity index (χ2n) is 7.14. The third-order valence-corrected chi connectivity index (χ3v) is 5.21. The zero-order chi connectivity index (χ0) is 17.2. The SMILES string of the molecule is CCCN1CCc2c(c(CNC3CC3)nn2-c2ccccc2OC)C1. The molecule has 1 aromatic heterocycles. The molecule has 2 aliphatic rings. The van der Waals surface area contributed by atoms with Crippen LogP contribution < -0.4 is 10.1 Å². The average Bonchev–Trinajstić information content (AvgIpc) is 3.41. The van der Waals surface area contributed by atoms with E-state index in [0.29, 0.717) is 6.04 Å². The summed E-state index contributed by atoms with van der Waals surface area (Å²) in [6, 6.07) is 8.87. The zero-order valence-electron chi connectivity index (χ0n) is 15.3. The minimum absolute atomic E-state index is 0.697. The van der Waals surface area contributed by atoms with Crippen molar-refractivity contribution in [3.05, 3.63) is 41.2 Å². The highest BCUT2D eigenvalue weighted by Gasteiger charge is 2.27. The van der Waals surface area contributed by atoms with Crippen LogP contribution in [-0.4, -0.2) is 40.9 Å². The predicted molar refractivity (Wildman–Crippen MR) is 99.2 cm³/mol. The van der Waals surface area contributed by atoms with E-state index in [1.54, 1.807) is 7.11 Å². The number of aromatic nitrogens is 2. The van der Waals surface area contributed by atoms with Crippen LogP contribution >= 0.6 is 0 Å². The molecule has 1 aliphatic heterocycles. The van der Waals surface area contributed by atoms with Crippen LogP contribution in [0.5, 0.6) is 5.75 Å². The lowest BCUT2D eigenvalue weighted by Gasteiger charge is -2.27. The van der Waals surface area contributed by atoms with Gasteiger partial charge in [-0.25, -0.2) is 4.68 Å². The molecule has 25 heavy (non-hydrogen) atoms. The van der Waals surface area contributed by atoms with Crippen LogP contribution in [0.25, 0.3) is 5.69 Å². The lowest BCUT2D eigenvalue weighted by molar-refractivity contribution is 0.252. The van der Waals surface area contributed by atoms with E-state index < -0.39 is 0 Å². The summed E-state index contributed by atoms with van der Waals surface area (Å²) in [5.74, 6) is 0.880. The molecule has 0 radical (unpaired) electrons. The van der Waals surface area contributed by atoms with Gasteiger partial charge < -0.3 is 10.1 Å². The zero-order valence-corrected chi connectivity index (χ0v) is 15.3. The Morgan fingerprint density at radius 2 is 2.12 bits per heavy atom. The molecule has 5 heteroatoms. The van der Waals surface area contributed by atoms with Crippen LogP contribution in [0.15, 0.2) is 24.3 Å². The Morgan fingerprint density at radius 1 is 1.28 bits per heavy atom. The maximum atomic E-state index is 5.58. The van der Waals surface area contributed by atoms with E-state index in [-0.39, 0.29) is 0 Å². The molecule has 1 fully saturated rings. The fraction of sp³-hybridized carbons (Fsp3) is 0.550. The first-order chi connectivity index (χ1) is 12.3. The fourth-order valence-electron chi connectivity index (χ4n) is 3.72. The smallest absolute Gasteiger partial charge is 0.144 e. The number of hydrogen-bond acceptors (Lipinski definition) is 4. The van der Waals surface area contributed by atoms with E-state index in [2.05, 4.69) is 34.0 Å². The first kappa shape index (κ1) is 16.6. The van der Waals surface area contributed by atoms with E-state index in [1.165, 1.54) is 36.2 Å². The molecule has 0 atom stereocenters. The topological polar surface area (TPSA) is 42.3 Å². The van der Waals surface area contributed by atoms with Crippen LogP contribution in [0.2, 0.25) is 0 Å². The summed E-state index contributed by atoms with van der Waals surface area (Å²) in [5, 5.41) is 8.65. The Balaban J connectivity index is 1.70. The van der Waals surface area contributed by atoms with Gasteiger partial charge in [-0.15, -0.1) is 0 Å². The molecule has 0 unspecified atom stereocenters. The van der Waals surface area contributed by atoms with E-state index in [0.717, 1.165) is 44.0 Å². The van der Waals surface area contributed by atoms with Crippen molar-refractivity contribution in [3.63, 3.8) is 0 Å². The molecule has 0 saturated heterocycles. The van der Waals surface area contributed by atoms with Crippen molar-refractivity contribution in [2.45, 2.75) is 51.7 Å². The Labute approximate surface area is 150 Å². The Hall–Kier alpha value is -1.85. The van der Waals surface area contributed by atoms with Crippen molar-refractivity contribution in [1.29, 1.82) is 0 Å². The molecule has 5 nitrogen and oxygen atoms in total. The molecule has 2 heterocycles. The lowest BCUT2D eigenvalue weighted by Crippen LogP contribution is -2.32. The van der Waals surface area contributed by atoms with Crippen LogP contribution in [0.4, 0.5) is 0 Å². The Morgan fingerprint density at radius 3 is 2.88 bits per heavy atom. The molecule has 4 rings (SSSR count). The third kappa shape index (κ3) is 3.44. The summed E-state index contributed by atoms with van der Waals surface area (Å²) >= 11 is 0. The summed E-state index contributed by atoms with van der Waals surface area (Å²) in [6.07, 6.45) is 4.85. The van der Waals surface area contributed by atoms with Gasteiger partial charge in [0.1, 0.15) is 11.4 Å². The fourth-order valence-corrected chi connectivity index (χ4v) is 3.72. The molecule has 1 saturated carbocycles. The van der Waals surface area contributed by atoms with Crippen molar-refractivity contribution in [3.8, 4) is 11.4 Å². The van der Waals surface area contributed by atoms with E-state index >= 15 is 0 Å². The van der Waals surface area contributed by atoms with Gasteiger partial charge >= 0.3 is 0 Å². The first-order valence-corrected chi connectivity index (χ1v) is 9.49. The number of fused-ring (bicyclic) bond motifs is 1. The van der Waals surface area contributed by atoms with Crippen molar-refractivity contribution < 1.29 is 4.74 Å². The largest absolute Gasteiger partial charge is 0.494 e. The highest BCUT2D eigenvalue weighted by atomic mass is 16.5. The van der Waals surface area contributed by atoms with Crippen molar-refractivity contribution in [2.75, 3.05) is 20.2 Å². The molecule has 0 amide bonds. The number of nitrogens with zero attached hydrogens (tertiary/aromatic N) is 3. The van der Waals surface area contributed by atoms with Gasteiger partial charge in [-0.2, -0.15) is 5.10 Å². The van der Waals surface area contributed by atoms with Gasteiger partial charge in [0.15, 0.2) is 0 Å². The van der Waals surface area contributed by atoms with Crippen molar-refractivity contribution in [2.24, 2.45) is 0 Å². The maximum Gasteiger partial charge on any atom is 0.144 e. The van der Waals surface area contributed by atoms with E-state index in [4.69, 9.17) is 9.84 Å². The molecular weight excluding hydrogens is 312 g/mol. The molecule has 1 aromatic carbocycles. The number of ether oxygens (including phenoxy) is 1. The lowest BCUT2D eigenvalue weighted by atomic mass is 10.0. The summed E-state index contributed by atoms with van der Waals surface area (Å²) in [6.45, 7) is 6.41. The second-order valence-corrected chi connectivity index (χ2v) is 7.14.